The molecular formula is C18H29N3O5. The van der Waals surface area contributed by atoms with E-state index >= 15 is 0 Å². The van der Waals surface area contributed by atoms with Crippen LogP contribution in [-0.2, 0) is 16.1 Å². The van der Waals surface area contributed by atoms with Gasteiger partial charge < -0.3 is 24.6 Å². The van der Waals surface area contributed by atoms with Gasteiger partial charge in [0.2, 0.25) is 5.91 Å². The number of aryl methyl sites for hydroxylation is 1. The molecule has 0 aliphatic carbocycles. The van der Waals surface area contributed by atoms with Gasteiger partial charge in [0.15, 0.2) is 0 Å². The van der Waals surface area contributed by atoms with Crippen LogP contribution < -0.4 is 5.56 Å². The lowest BCUT2D eigenvalue weighted by Crippen LogP contribution is -2.43. The van der Waals surface area contributed by atoms with E-state index in [9.17, 15) is 14.7 Å². The smallest absolute Gasteiger partial charge is 0.290 e. The number of aliphatic hydroxyl groups excluding tert-OH is 1. The Kier molecular flexibility index (Phi) is 9.61. The van der Waals surface area contributed by atoms with Gasteiger partial charge in [0.25, 0.3) is 12.0 Å². The molecule has 1 amide bonds. The summed E-state index contributed by atoms with van der Waals surface area (Å²) >= 11 is 0. The van der Waals surface area contributed by atoms with E-state index in [1.165, 1.54) is 6.07 Å². The molecule has 1 fully saturated rings. The van der Waals surface area contributed by atoms with Gasteiger partial charge >= 0.3 is 0 Å². The summed E-state index contributed by atoms with van der Waals surface area (Å²) in [5.41, 5.74) is -0.0874. The van der Waals surface area contributed by atoms with Crippen molar-refractivity contribution in [1.82, 2.24) is 14.4 Å². The normalized spacial score (nSPS) is 20.1. The molecule has 0 bridgehead atoms. The van der Waals surface area contributed by atoms with Crippen LogP contribution in [0.15, 0.2) is 29.2 Å². The van der Waals surface area contributed by atoms with Crippen LogP contribution in [0.3, 0.4) is 0 Å². The number of hydrogen-bond acceptors (Lipinski definition) is 5. The lowest BCUT2D eigenvalue weighted by atomic mass is 10.0. The van der Waals surface area contributed by atoms with Crippen LogP contribution in [0.5, 0.6) is 0 Å². The summed E-state index contributed by atoms with van der Waals surface area (Å²) in [5, 5.41) is 16.4. The molecule has 146 valence electrons. The van der Waals surface area contributed by atoms with Gasteiger partial charge in [0, 0.05) is 51.0 Å². The van der Waals surface area contributed by atoms with E-state index < -0.39 is 0 Å². The molecule has 1 aromatic rings. The number of carbonyl (C=O) groups is 2. The Morgan fingerprint density at radius 1 is 1.31 bits per heavy atom. The zero-order chi connectivity index (χ0) is 19.5. The van der Waals surface area contributed by atoms with Crippen molar-refractivity contribution in [3.8, 4) is 0 Å². The molecule has 0 spiro atoms. The average molecular weight is 367 g/mol. The Labute approximate surface area is 153 Å². The first-order valence-corrected chi connectivity index (χ1v) is 8.71. The maximum absolute atomic E-state index is 12.6. The highest BCUT2D eigenvalue weighted by Gasteiger charge is 2.27. The summed E-state index contributed by atoms with van der Waals surface area (Å²) in [6.07, 6.45) is 3.93. The molecule has 8 nitrogen and oxygen atoms in total. The molecule has 2 rings (SSSR count). The molecule has 2 heterocycles. The quantitative estimate of drug-likeness (QED) is 0.716. The Hall–Kier alpha value is -2.19. The third-order valence-electron chi connectivity index (χ3n) is 4.62. The van der Waals surface area contributed by atoms with Crippen molar-refractivity contribution in [3.05, 3.63) is 34.7 Å². The summed E-state index contributed by atoms with van der Waals surface area (Å²) in [7, 11) is 4.05. The Morgan fingerprint density at radius 3 is 2.58 bits per heavy atom. The Morgan fingerprint density at radius 2 is 2.00 bits per heavy atom. The first kappa shape index (κ1) is 21.9. The SMILES string of the molecule is CN(C)[C@@H]1CC[C@H](CO)CN(C(=O)CCn2ccccc2=O)C1.O=CO. The third kappa shape index (κ3) is 6.97. The van der Waals surface area contributed by atoms with E-state index in [1.807, 2.05) is 19.0 Å². The molecule has 2 atom stereocenters. The molecule has 1 aliphatic heterocycles. The number of nitrogens with zero attached hydrogens (tertiary/aromatic N) is 3. The van der Waals surface area contributed by atoms with Gasteiger partial charge in [0.05, 0.1) is 0 Å². The van der Waals surface area contributed by atoms with Crippen LogP contribution >= 0.6 is 0 Å². The van der Waals surface area contributed by atoms with Crippen molar-refractivity contribution in [2.24, 2.45) is 5.92 Å². The van der Waals surface area contributed by atoms with E-state index in [1.54, 1.807) is 22.9 Å². The minimum Gasteiger partial charge on any atom is -0.483 e. The van der Waals surface area contributed by atoms with E-state index in [2.05, 4.69) is 4.90 Å². The average Bonchev–Trinajstić information content (AvgIpc) is 2.84. The van der Waals surface area contributed by atoms with Crippen LogP contribution in [0.4, 0.5) is 0 Å². The number of hydrogen-bond donors (Lipinski definition) is 2. The maximum atomic E-state index is 12.6. The highest BCUT2D eigenvalue weighted by molar-refractivity contribution is 5.76. The van der Waals surface area contributed by atoms with Gasteiger partial charge in [-0.25, -0.2) is 0 Å². The lowest BCUT2D eigenvalue weighted by Gasteiger charge is -2.29. The minimum absolute atomic E-state index is 0.0490. The molecular weight excluding hydrogens is 338 g/mol. The van der Waals surface area contributed by atoms with Gasteiger partial charge in [-0.05, 0) is 38.9 Å². The molecule has 0 radical (unpaired) electrons. The molecule has 26 heavy (non-hydrogen) atoms. The van der Waals surface area contributed by atoms with Gasteiger partial charge in [-0.2, -0.15) is 0 Å². The third-order valence-corrected chi connectivity index (χ3v) is 4.62. The number of likely N-dealkylation sites (N-methyl/N-ethyl adjacent to an activating group) is 1. The molecule has 1 saturated heterocycles. The standard InChI is InChI=1S/C17H27N3O3.CH2O2/c1-18(2)15-7-6-14(13-21)11-20(12-15)17(23)8-10-19-9-4-3-5-16(19)22;2-1-3/h3-5,9,14-15,21H,6-8,10-13H2,1-2H3;1H,(H,2,3)/t14-,15+;/m0./s1. The minimum atomic E-state index is -0.250. The largest absolute Gasteiger partial charge is 0.483 e. The number of aromatic nitrogens is 1. The summed E-state index contributed by atoms with van der Waals surface area (Å²) in [6, 6.07) is 5.31. The first-order chi connectivity index (χ1) is 12.4. The van der Waals surface area contributed by atoms with Gasteiger partial charge in [-0.1, -0.05) is 6.07 Å². The van der Waals surface area contributed by atoms with Crippen LogP contribution in [0, 0.1) is 5.92 Å². The number of likely N-dealkylation sites (tertiary alicyclic amines) is 1. The summed E-state index contributed by atoms with van der Waals surface area (Å²) in [5.74, 6) is 0.191. The van der Waals surface area contributed by atoms with Crippen molar-refractivity contribution >= 4 is 12.4 Å². The van der Waals surface area contributed by atoms with Crippen molar-refractivity contribution in [2.45, 2.75) is 31.8 Å². The Bertz CT molecular complexity index is 617. The zero-order valence-electron chi connectivity index (χ0n) is 15.5. The fourth-order valence-corrected chi connectivity index (χ4v) is 3.05. The van der Waals surface area contributed by atoms with Crippen molar-refractivity contribution < 1.29 is 19.8 Å². The highest BCUT2D eigenvalue weighted by atomic mass is 16.3. The van der Waals surface area contributed by atoms with E-state index in [-0.39, 0.29) is 30.5 Å². The Balaban J connectivity index is 0.00000105. The second-order valence-electron chi connectivity index (χ2n) is 6.63. The van der Waals surface area contributed by atoms with Crippen LogP contribution in [0.2, 0.25) is 0 Å². The number of carboxylic acid groups (broad SMARTS) is 1. The predicted molar refractivity (Wildman–Crippen MR) is 97.9 cm³/mol. The molecule has 0 aromatic carbocycles. The predicted octanol–water partition coefficient (Wildman–Crippen LogP) is 0.100. The second-order valence-corrected chi connectivity index (χ2v) is 6.63. The molecule has 0 saturated carbocycles. The van der Waals surface area contributed by atoms with Crippen LogP contribution in [-0.4, -0.2) is 76.8 Å². The van der Waals surface area contributed by atoms with Crippen molar-refractivity contribution in [1.29, 1.82) is 0 Å². The number of pyridine rings is 1. The number of rotatable bonds is 5. The number of carbonyl (C=O) groups excluding carboxylic acids is 1. The topological polar surface area (TPSA) is 103 Å². The zero-order valence-corrected chi connectivity index (χ0v) is 15.5. The highest BCUT2D eigenvalue weighted by Crippen LogP contribution is 2.19. The molecule has 1 aromatic heterocycles. The summed E-state index contributed by atoms with van der Waals surface area (Å²) in [6.45, 7) is 1.54. The molecule has 8 heteroatoms. The second kappa shape index (κ2) is 11.4. The van der Waals surface area contributed by atoms with Crippen molar-refractivity contribution in [3.63, 3.8) is 0 Å². The van der Waals surface area contributed by atoms with E-state index in [0.717, 1.165) is 12.8 Å². The van der Waals surface area contributed by atoms with Crippen LogP contribution in [0.1, 0.15) is 19.3 Å². The van der Waals surface area contributed by atoms with E-state index in [4.69, 9.17) is 9.90 Å². The molecule has 0 unspecified atom stereocenters. The number of amides is 1. The number of aliphatic hydroxyl groups is 1. The lowest BCUT2D eigenvalue weighted by molar-refractivity contribution is -0.132. The van der Waals surface area contributed by atoms with Crippen molar-refractivity contribution in [2.75, 3.05) is 33.8 Å². The van der Waals surface area contributed by atoms with E-state index in [0.29, 0.717) is 32.1 Å². The first-order valence-electron chi connectivity index (χ1n) is 8.71. The van der Waals surface area contributed by atoms with Crippen LogP contribution in [0.25, 0.3) is 0 Å². The molecule has 2 N–H and O–H groups in total. The summed E-state index contributed by atoms with van der Waals surface area (Å²) in [4.78, 5) is 36.6. The molecule has 1 aliphatic rings. The van der Waals surface area contributed by atoms with Gasteiger partial charge in [0.1, 0.15) is 0 Å². The monoisotopic (exact) mass is 367 g/mol. The van der Waals surface area contributed by atoms with Gasteiger partial charge in [-0.3, -0.25) is 14.4 Å². The fraction of sp³-hybridized carbons (Fsp3) is 0.611. The van der Waals surface area contributed by atoms with Gasteiger partial charge in [-0.15, -0.1) is 0 Å². The summed E-state index contributed by atoms with van der Waals surface area (Å²) < 4.78 is 1.56. The maximum Gasteiger partial charge on any atom is 0.290 e. The fourth-order valence-electron chi connectivity index (χ4n) is 3.05.